The Balaban J connectivity index is 2.54. The van der Waals surface area contributed by atoms with Gasteiger partial charge in [0.1, 0.15) is 0 Å². The van der Waals surface area contributed by atoms with E-state index < -0.39 is 25.5 Å². The van der Waals surface area contributed by atoms with Gasteiger partial charge in [-0.2, -0.15) is 22.0 Å². The monoisotopic (exact) mass is 332 g/mol. The molecule has 2 aromatic carbocycles. The van der Waals surface area contributed by atoms with E-state index in [0.29, 0.717) is 0 Å². The fourth-order valence-corrected chi connectivity index (χ4v) is 3.91. The zero-order valence-corrected chi connectivity index (χ0v) is 11.9. The molecular formula is C15H10F5OP. The van der Waals surface area contributed by atoms with Gasteiger partial charge in [0.2, 0.25) is 5.52 Å². The Hall–Kier alpha value is -1.81. The van der Waals surface area contributed by atoms with Crippen LogP contribution in [0.5, 0.6) is 0 Å². The van der Waals surface area contributed by atoms with E-state index in [0.717, 1.165) is 0 Å². The fraction of sp³-hybridized carbons (Fsp3) is 0.133. The standard InChI is InChI=1S/C15H10F5OP/c16-14(17,15(18,19)20)13(21)22(11-7-3-1-4-8-11)12-9-5-2-6-10-12/h1-10H. The molecule has 0 atom stereocenters. The minimum absolute atomic E-state index is 0.151. The maximum atomic E-state index is 13.5. The third-order valence-corrected chi connectivity index (χ3v) is 5.17. The van der Waals surface area contributed by atoms with Gasteiger partial charge < -0.3 is 0 Å². The topological polar surface area (TPSA) is 17.1 Å². The quantitative estimate of drug-likeness (QED) is 0.614. The van der Waals surface area contributed by atoms with Crippen LogP contribution in [0.4, 0.5) is 22.0 Å². The van der Waals surface area contributed by atoms with Gasteiger partial charge in [-0.05, 0) is 10.6 Å². The van der Waals surface area contributed by atoms with Crippen LogP contribution in [0.2, 0.25) is 0 Å². The molecule has 0 fully saturated rings. The molecule has 0 aliphatic carbocycles. The van der Waals surface area contributed by atoms with Crippen LogP contribution in [0.25, 0.3) is 0 Å². The van der Waals surface area contributed by atoms with Gasteiger partial charge in [0.05, 0.1) is 0 Å². The summed E-state index contributed by atoms with van der Waals surface area (Å²) in [4.78, 5) is 12.0. The molecule has 0 aromatic heterocycles. The Kier molecular flexibility index (Phi) is 4.61. The van der Waals surface area contributed by atoms with Gasteiger partial charge in [0, 0.05) is 7.92 Å². The largest absolute Gasteiger partial charge is 0.461 e. The van der Waals surface area contributed by atoms with Crippen LogP contribution in [0.3, 0.4) is 0 Å². The van der Waals surface area contributed by atoms with Crippen LogP contribution < -0.4 is 10.6 Å². The van der Waals surface area contributed by atoms with Gasteiger partial charge in [0.15, 0.2) is 0 Å². The number of halogens is 5. The van der Waals surface area contributed by atoms with Crippen molar-refractivity contribution in [3.05, 3.63) is 60.7 Å². The molecule has 116 valence electrons. The van der Waals surface area contributed by atoms with Gasteiger partial charge in [-0.25, -0.2) is 0 Å². The first-order valence-corrected chi connectivity index (χ1v) is 7.48. The number of hydrogen-bond acceptors (Lipinski definition) is 1. The lowest BCUT2D eigenvalue weighted by atomic mass is 10.3. The van der Waals surface area contributed by atoms with E-state index in [1.165, 1.54) is 48.5 Å². The summed E-state index contributed by atoms with van der Waals surface area (Å²) in [6.07, 6.45) is -5.91. The average molecular weight is 332 g/mol. The lowest BCUT2D eigenvalue weighted by Crippen LogP contribution is -2.45. The van der Waals surface area contributed by atoms with Gasteiger partial charge >= 0.3 is 12.1 Å². The Morgan fingerprint density at radius 2 is 1.09 bits per heavy atom. The van der Waals surface area contributed by atoms with Crippen molar-refractivity contribution in [2.45, 2.75) is 12.1 Å². The number of benzene rings is 2. The molecule has 0 amide bonds. The number of carbonyl (C=O) groups excluding carboxylic acids is 1. The minimum atomic E-state index is -5.91. The number of alkyl halides is 5. The lowest BCUT2D eigenvalue weighted by Gasteiger charge is -2.24. The molecule has 0 saturated heterocycles. The van der Waals surface area contributed by atoms with Crippen LogP contribution >= 0.6 is 7.92 Å². The van der Waals surface area contributed by atoms with E-state index >= 15 is 0 Å². The van der Waals surface area contributed by atoms with Gasteiger partial charge in [0.25, 0.3) is 0 Å². The zero-order valence-electron chi connectivity index (χ0n) is 11.0. The fourth-order valence-electron chi connectivity index (χ4n) is 1.80. The summed E-state index contributed by atoms with van der Waals surface area (Å²) >= 11 is 0. The number of carbonyl (C=O) groups is 1. The molecule has 1 nitrogen and oxygen atoms in total. The summed E-state index contributed by atoms with van der Waals surface area (Å²) < 4.78 is 64.5. The molecular weight excluding hydrogens is 322 g/mol. The molecule has 0 unspecified atom stereocenters. The first-order chi connectivity index (χ1) is 10.2. The summed E-state index contributed by atoms with van der Waals surface area (Å²) in [7, 11) is -2.47. The molecule has 0 N–H and O–H groups in total. The summed E-state index contributed by atoms with van der Waals surface area (Å²) in [5.74, 6) is -5.38. The van der Waals surface area contributed by atoms with E-state index in [1.807, 2.05) is 0 Å². The van der Waals surface area contributed by atoms with Crippen molar-refractivity contribution in [1.29, 1.82) is 0 Å². The summed E-state index contributed by atoms with van der Waals surface area (Å²) in [6, 6.07) is 14.7. The molecule has 0 radical (unpaired) electrons. The second-order valence-electron chi connectivity index (χ2n) is 4.38. The van der Waals surface area contributed by atoms with Crippen LogP contribution in [0.1, 0.15) is 0 Å². The van der Waals surface area contributed by atoms with Gasteiger partial charge in [-0.3, -0.25) is 4.79 Å². The van der Waals surface area contributed by atoms with E-state index in [4.69, 9.17) is 0 Å². The van der Waals surface area contributed by atoms with Crippen molar-refractivity contribution >= 4 is 24.1 Å². The first-order valence-electron chi connectivity index (χ1n) is 6.14. The molecule has 7 heteroatoms. The maximum absolute atomic E-state index is 13.5. The Morgan fingerprint density at radius 3 is 1.41 bits per heavy atom. The van der Waals surface area contributed by atoms with Crippen molar-refractivity contribution in [3.8, 4) is 0 Å². The van der Waals surface area contributed by atoms with Crippen LogP contribution in [0, 0.1) is 0 Å². The lowest BCUT2D eigenvalue weighted by molar-refractivity contribution is -0.264. The van der Waals surface area contributed by atoms with Crippen molar-refractivity contribution < 1.29 is 26.7 Å². The van der Waals surface area contributed by atoms with Gasteiger partial charge in [-0.1, -0.05) is 60.7 Å². The third kappa shape index (κ3) is 3.17. The van der Waals surface area contributed by atoms with Crippen molar-refractivity contribution in [3.63, 3.8) is 0 Å². The summed E-state index contributed by atoms with van der Waals surface area (Å²) in [5.41, 5.74) is -2.12. The Bertz CT molecular complexity index is 600. The van der Waals surface area contributed by atoms with Crippen molar-refractivity contribution in [2.75, 3.05) is 0 Å². The SMILES string of the molecule is O=C(P(c1ccccc1)c1ccccc1)C(F)(F)C(F)(F)F. The predicted octanol–water partition coefficient (Wildman–Crippen LogP) is 3.84. The molecule has 22 heavy (non-hydrogen) atoms. The first kappa shape index (κ1) is 16.6. The highest BCUT2D eigenvalue weighted by Crippen LogP contribution is 2.47. The second-order valence-corrected chi connectivity index (χ2v) is 6.49. The van der Waals surface area contributed by atoms with Crippen LogP contribution in [-0.4, -0.2) is 17.6 Å². The Morgan fingerprint density at radius 1 is 0.727 bits per heavy atom. The molecule has 2 aromatic rings. The molecule has 0 aliphatic rings. The zero-order chi connectivity index (χ0) is 16.4. The number of rotatable bonds is 4. The molecule has 0 spiro atoms. The third-order valence-electron chi connectivity index (χ3n) is 2.86. The Labute approximate surface area is 124 Å². The highest BCUT2D eigenvalue weighted by Gasteiger charge is 2.64. The highest BCUT2D eigenvalue weighted by atomic mass is 31.1. The van der Waals surface area contributed by atoms with Crippen LogP contribution in [0.15, 0.2) is 60.7 Å². The molecule has 0 bridgehead atoms. The van der Waals surface area contributed by atoms with E-state index in [1.54, 1.807) is 12.1 Å². The molecule has 0 heterocycles. The number of hydrogen-bond donors (Lipinski definition) is 0. The van der Waals surface area contributed by atoms with Crippen molar-refractivity contribution in [1.82, 2.24) is 0 Å². The molecule has 0 aliphatic heterocycles. The van der Waals surface area contributed by atoms with E-state index in [9.17, 15) is 26.7 Å². The minimum Gasteiger partial charge on any atom is -0.287 e. The normalized spacial score (nSPS) is 12.5. The van der Waals surface area contributed by atoms with E-state index in [2.05, 4.69) is 0 Å². The van der Waals surface area contributed by atoms with Crippen molar-refractivity contribution in [2.24, 2.45) is 0 Å². The average Bonchev–Trinajstić information content (AvgIpc) is 2.48. The second kappa shape index (κ2) is 6.13. The maximum Gasteiger partial charge on any atom is 0.461 e. The molecule has 2 rings (SSSR count). The summed E-state index contributed by atoms with van der Waals surface area (Å²) in [6.45, 7) is 0. The smallest absolute Gasteiger partial charge is 0.287 e. The predicted molar refractivity (Wildman–Crippen MR) is 75.1 cm³/mol. The highest BCUT2D eigenvalue weighted by molar-refractivity contribution is 7.88. The molecule has 0 saturated carbocycles. The summed E-state index contributed by atoms with van der Waals surface area (Å²) in [5, 5.41) is 0.301. The van der Waals surface area contributed by atoms with Gasteiger partial charge in [-0.15, -0.1) is 0 Å². The van der Waals surface area contributed by atoms with E-state index in [-0.39, 0.29) is 10.6 Å². The van der Waals surface area contributed by atoms with Crippen LogP contribution in [-0.2, 0) is 4.79 Å².